The molecule has 0 fully saturated rings. The topological polar surface area (TPSA) is 88.4 Å². The number of nitro benzene ring substituents is 1. The van der Waals surface area contributed by atoms with Crippen molar-refractivity contribution in [2.75, 3.05) is 24.3 Å². The summed E-state index contributed by atoms with van der Waals surface area (Å²) in [5.74, 6) is 0.413. The van der Waals surface area contributed by atoms with Crippen molar-refractivity contribution in [1.29, 1.82) is 0 Å². The Hall–Kier alpha value is -3.39. The van der Waals surface area contributed by atoms with E-state index in [1.54, 1.807) is 49.1 Å². The van der Waals surface area contributed by atoms with E-state index < -0.39 is 10.8 Å². The fraction of sp³-hybridized carbons (Fsp3) is 0.143. The third-order valence-corrected chi connectivity index (χ3v) is 5.24. The summed E-state index contributed by atoms with van der Waals surface area (Å²) in [6.07, 6.45) is 3.58. The van der Waals surface area contributed by atoms with E-state index in [-0.39, 0.29) is 11.3 Å². The lowest BCUT2D eigenvalue weighted by molar-refractivity contribution is -0.384. The molecule has 0 unspecified atom stereocenters. The molecular weight excluding hydrogens is 388 g/mol. The van der Waals surface area contributed by atoms with E-state index in [0.717, 1.165) is 16.2 Å². The van der Waals surface area contributed by atoms with Crippen molar-refractivity contribution in [1.82, 2.24) is 4.98 Å². The second kappa shape index (κ2) is 9.20. The fourth-order valence-electron chi connectivity index (χ4n) is 2.68. The van der Waals surface area contributed by atoms with Crippen molar-refractivity contribution in [2.24, 2.45) is 0 Å². The van der Waals surface area contributed by atoms with Crippen LogP contribution < -0.4 is 10.2 Å². The molecule has 0 aliphatic carbocycles. The van der Waals surface area contributed by atoms with E-state index in [4.69, 9.17) is 0 Å². The summed E-state index contributed by atoms with van der Waals surface area (Å²) >= 11 is 1.67. The standard InChI is InChI=1S/C21H20N4O3S/c1-24(2)19-10-5-16(12-20(19)25(27)28)21(26)23-17-6-8-18(9-7-17)29-14-15-4-3-11-22-13-15/h3-13H,14H2,1-2H3,(H,23,26). The van der Waals surface area contributed by atoms with Gasteiger partial charge in [-0.15, -0.1) is 11.8 Å². The van der Waals surface area contributed by atoms with Crippen LogP contribution in [0.3, 0.4) is 0 Å². The van der Waals surface area contributed by atoms with Crippen LogP contribution in [0.4, 0.5) is 17.1 Å². The zero-order chi connectivity index (χ0) is 20.8. The van der Waals surface area contributed by atoms with Gasteiger partial charge in [-0.2, -0.15) is 0 Å². The van der Waals surface area contributed by atoms with E-state index in [9.17, 15) is 14.9 Å². The highest BCUT2D eigenvalue weighted by Gasteiger charge is 2.19. The van der Waals surface area contributed by atoms with Gasteiger partial charge in [-0.05, 0) is 48.0 Å². The maximum Gasteiger partial charge on any atom is 0.293 e. The lowest BCUT2D eigenvalue weighted by Gasteiger charge is -2.13. The van der Waals surface area contributed by atoms with Gasteiger partial charge in [0.2, 0.25) is 0 Å². The maximum atomic E-state index is 12.5. The van der Waals surface area contributed by atoms with Crippen LogP contribution in [0.25, 0.3) is 0 Å². The average Bonchev–Trinajstić information content (AvgIpc) is 2.73. The van der Waals surface area contributed by atoms with Crippen molar-refractivity contribution >= 4 is 34.7 Å². The van der Waals surface area contributed by atoms with Crippen molar-refractivity contribution in [3.05, 3.63) is 88.2 Å². The molecule has 3 rings (SSSR count). The molecule has 0 saturated heterocycles. The lowest BCUT2D eigenvalue weighted by atomic mass is 10.1. The maximum absolute atomic E-state index is 12.5. The van der Waals surface area contributed by atoms with E-state index in [2.05, 4.69) is 10.3 Å². The fourth-order valence-corrected chi connectivity index (χ4v) is 3.51. The Balaban J connectivity index is 1.66. The Morgan fingerprint density at radius 3 is 2.55 bits per heavy atom. The van der Waals surface area contributed by atoms with Crippen molar-refractivity contribution in [3.63, 3.8) is 0 Å². The van der Waals surface area contributed by atoms with E-state index in [1.807, 2.05) is 42.6 Å². The van der Waals surface area contributed by atoms with Crippen LogP contribution in [-0.4, -0.2) is 29.9 Å². The van der Waals surface area contributed by atoms with Crippen LogP contribution in [0.2, 0.25) is 0 Å². The summed E-state index contributed by atoms with van der Waals surface area (Å²) in [4.78, 5) is 30.1. The third-order valence-electron chi connectivity index (χ3n) is 4.16. The van der Waals surface area contributed by atoms with Crippen molar-refractivity contribution in [2.45, 2.75) is 10.6 Å². The number of hydrogen-bond donors (Lipinski definition) is 1. The van der Waals surface area contributed by atoms with Crippen LogP contribution in [0.5, 0.6) is 0 Å². The zero-order valence-corrected chi connectivity index (χ0v) is 16.8. The van der Waals surface area contributed by atoms with Crippen LogP contribution in [0.1, 0.15) is 15.9 Å². The number of carbonyl (C=O) groups is 1. The monoisotopic (exact) mass is 408 g/mol. The minimum absolute atomic E-state index is 0.107. The molecule has 148 valence electrons. The summed E-state index contributed by atoms with van der Waals surface area (Å²) in [5.41, 5.74) is 2.33. The Kier molecular flexibility index (Phi) is 6.46. The lowest BCUT2D eigenvalue weighted by Crippen LogP contribution is -2.15. The number of anilines is 2. The molecule has 3 aromatic rings. The van der Waals surface area contributed by atoms with Gasteiger partial charge in [-0.3, -0.25) is 19.9 Å². The number of nitrogens with zero attached hydrogens (tertiary/aromatic N) is 3. The largest absolute Gasteiger partial charge is 0.372 e. The van der Waals surface area contributed by atoms with Crippen LogP contribution in [-0.2, 0) is 5.75 Å². The molecule has 1 N–H and O–H groups in total. The summed E-state index contributed by atoms with van der Waals surface area (Å²) < 4.78 is 0. The van der Waals surface area contributed by atoms with Gasteiger partial charge in [-0.1, -0.05) is 6.07 Å². The molecule has 0 bridgehead atoms. The number of nitrogens with one attached hydrogen (secondary N) is 1. The number of aromatic nitrogens is 1. The SMILES string of the molecule is CN(C)c1ccc(C(=O)Nc2ccc(SCc3cccnc3)cc2)cc1[N+](=O)[O-]. The molecule has 2 aromatic carbocycles. The number of benzene rings is 2. The van der Waals surface area contributed by atoms with Crippen LogP contribution in [0.15, 0.2) is 71.9 Å². The second-order valence-corrected chi connectivity index (χ2v) is 7.53. The Labute approximate surface area is 172 Å². The van der Waals surface area contributed by atoms with Gasteiger partial charge in [0.25, 0.3) is 11.6 Å². The molecule has 7 nitrogen and oxygen atoms in total. The minimum Gasteiger partial charge on any atom is -0.372 e. The second-order valence-electron chi connectivity index (χ2n) is 6.48. The third kappa shape index (κ3) is 5.32. The van der Waals surface area contributed by atoms with Gasteiger partial charge in [0.1, 0.15) is 5.69 Å². The van der Waals surface area contributed by atoms with E-state index in [0.29, 0.717) is 11.4 Å². The number of amides is 1. The first-order valence-corrected chi connectivity index (χ1v) is 9.81. The first-order chi connectivity index (χ1) is 13.9. The zero-order valence-electron chi connectivity index (χ0n) is 16.0. The van der Waals surface area contributed by atoms with Gasteiger partial charge in [0.15, 0.2) is 0 Å². The molecule has 1 heterocycles. The molecule has 1 aromatic heterocycles. The number of hydrogen-bond acceptors (Lipinski definition) is 6. The van der Waals surface area contributed by atoms with Crippen LogP contribution in [0, 0.1) is 10.1 Å². The predicted octanol–water partition coefficient (Wildman–Crippen LogP) is 4.60. The highest BCUT2D eigenvalue weighted by atomic mass is 32.2. The molecule has 0 atom stereocenters. The summed E-state index contributed by atoms with van der Waals surface area (Å²) in [5, 5.41) is 14.1. The molecule has 0 aliphatic rings. The van der Waals surface area contributed by atoms with Gasteiger partial charge in [0, 0.05) is 54.5 Å². The number of thioether (sulfide) groups is 1. The Bertz CT molecular complexity index is 1010. The van der Waals surface area contributed by atoms with Crippen molar-refractivity contribution < 1.29 is 9.72 Å². The normalized spacial score (nSPS) is 10.4. The number of carbonyl (C=O) groups excluding carboxylic acids is 1. The molecular formula is C21H20N4O3S. The molecule has 0 aliphatic heterocycles. The molecule has 29 heavy (non-hydrogen) atoms. The first kappa shape index (κ1) is 20.3. The molecule has 0 saturated carbocycles. The molecule has 8 heteroatoms. The highest BCUT2D eigenvalue weighted by Crippen LogP contribution is 2.28. The Morgan fingerprint density at radius 1 is 1.17 bits per heavy atom. The molecule has 0 radical (unpaired) electrons. The van der Waals surface area contributed by atoms with Gasteiger partial charge < -0.3 is 10.2 Å². The minimum atomic E-state index is -0.486. The average molecular weight is 408 g/mol. The van der Waals surface area contributed by atoms with Crippen LogP contribution >= 0.6 is 11.8 Å². The smallest absolute Gasteiger partial charge is 0.293 e. The molecule has 0 spiro atoms. The summed E-state index contributed by atoms with van der Waals surface area (Å²) in [6.45, 7) is 0. The van der Waals surface area contributed by atoms with Gasteiger partial charge in [-0.25, -0.2) is 0 Å². The van der Waals surface area contributed by atoms with Gasteiger partial charge >= 0.3 is 0 Å². The quantitative estimate of drug-likeness (QED) is 0.349. The highest BCUT2D eigenvalue weighted by molar-refractivity contribution is 7.98. The van der Waals surface area contributed by atoms with Crippen molar-refractivity contribution in [3.8, 4) is 0 Å². The first-order valence-electron chi connectivity index (χ1n) is 8.83. The van der Waals surface area contributed by atoms with Gasteiger partial charge in [0.05, 0.1) is 4.92 Å². The Morgan fingerprint density at radius 2 is 1.93 bits per heavy atom. The summed E-state index contributed by atoms with van der Waals surface area (Å²) in [7, 11) is 3.44. The number of rotatable bonds is 7. The van der Waals surface area contributed by atoms with E-state index in [1.165, 1.54) is 6.07 Å². The molecule has 1 amide bonds. The number of pyridine rings is 1. The predicted molar refractivity (Wildman–Crippen MR) is 116 cm³/mol. The van der Waals surface area contributed by atoms with E-state index >= 15 is 0 Å². The summed E-state index contributed by atoms with van der Waals surface area (Å²) in [6, 6.07) is 15.9. The number of nitro groups is 1.